The molecule has 4 nitrogen and oxygen atoms in total. The normalized spacial score (nSPS) is 10.7. The summed E-state index contributed by atoms with van der Waals surface area (Å²) in [5.74, 6) is 4.93. The van der Waals surface area contributed by atoms with Gasteiger partial charge in [0.15, 0.2) is 0 Å². The fourth-order valence-corrected chi connectivity index (χ4v) is 2.81. The molecule has 17 heavy (non-hydrogen) atoms. The van der Waals surface area contributed by atoms with Crippen molar-refractivity contribution >= 4 is 27.3 Å². The van der Waals surface area contributed by atoms with Crippen molar-refractivity contribution in [2.75, 3.05) is 6.61 Å². The first kappa shape index (κ1) is 12.0. The van der Waals surface area contributed by atoms with Crippen LogP contribution >= 0.6 is 11.3 Å². The van der Waals surface area contributed by atoms with E-state index in [0.29, 0.717) is 18.1 Å². The number of hydrogen-bond donors (Lipinski definition) is 2. The average Bonchev–Trinajstić information content (AvgIpc) is 2.74. The van der Waals surface area contributed by atoms with Crippen LogP contribution in [0.2, 0.25) is 0 Å². The van der Waals surface area contributed by atoms with Gasteiger partial charge in [-0.2, -0.15) is 0 Å². The topological polar surface area (TPSA) is 64.3 Å². The molecular weight excluding hydrogens is 236 g/mol. The number of nitrogens with two attached hydrogens (primary N) is 1. The highest BCUT2D eigenvalue weighted by Gasteiger charge is 2.17. The number of nitrogens with one attached hydrogen (secondary N) is 1. The minimum atomic E-state index is -0.263. The summed E-state index contributed by atoms with van der Waals surface area (Å²) in [6, 6.07) is 7.89. The van der Waals surface area contributed by atoms with Gasteiger partial charge in [0.2, 0.25) is 0 Å². The van der Waals surface area contributed by atoms with Crippen molar-refractivity contribution in [2.24, 2.45) is 5.84 Å². The Labute approximate surface area is 103 Å². The molecule has 0 radical (unpaired) electrons. The van der Waals surface area contributed by atoms with Gasteiger partial charge < -0.3 is 4.74 Å². The van der Waals surface area contributed by atoms with E-state index in [9.17, 15) is 4.79 Å². The predicted molar refractivity (Wildman–Crippen MR) is 68.8 cm³/mol. The second-order valence-corrected chi connectivity index (χ2v) is 4.57. The van der Waals surface area contributed by atoms with Crippen molar-refractivity contribution in [3.8, 4) is 0 Å². The Balaban J connectivity index is 2.52. The smallest absolute Gasteiger partial charge is 0.275 e. The molecule has 1 heterocycles. The van der Waals surface area contributed by atoms with Gasteiger partial charge in [-0.25, -0.2) is 5.84 Å². The molecule has 1 aromatic carbocycles. The first-order chi connectivity index (χ1) is 8.27. The molecule has 0 unspecified atom stereocenters. The second kappa shape index (κ2) is 5.27. The molecule has 3 N–H and O–H groups in total. The largest absolute Gasteiger partial charge is 0.377 e. The maximum Gasteiger partial charge on any atom is 0.275 e. The van der Waals surface area contributed by atoms with E-state index in [1.165, 1.54) is 11.3 Å². The third-order valence-electron chi connectivity index (χ3n) is 2.49. The van der Waals surface area contributed by atoms with E-state index in [4.69, 9.17) is 10.6 Å². The molecule has 0 fully saturated rings. The zero-order chi connectivity index (χ0) is 12.3. The van der Waals surface area contributed by atoms with Gasteiger partial charge in [-0.15, -0.1) is 11.3 Å². The minimum Gasteiger partial charge on any atom is -0.377 e. The fourth-order valence-electron chi connectivity index (χ4n) is 1.70. The fraction of sp³-hybridized carbons (Fsp3) is 0.250. The molecule has 1 amide bonds. The molecule has 5 heteroatoms. The van der Waals surface area contributed by atoms with Crippen LogP contribution in [-0.4, -0.2) is 12.5 Å². The van der Waals surface area contributed by atoms with Crippen LogP contribution in [0.25, 0.3) is 10.1 Å². The van der Waals surface area contributed by atoms with E-state index >= 15 is 0 Å². The van der Waals surface area contributed by atoms with Crippen LogP contribution in [0.5, 0.6) is 0 Å². The number of hydrogen-bond acceptors (Lipinski definition) is 4. The molecule has 0 aliphatic rings. The summed E-state index contributed by atoms with van der Waals surface area (Å²) in [6.45, 7) is 2.98. The number of rotatable bonds is 4. The molecule has 90 valence electrons. The third kappa shape index (κ3) is 2.31. The summed E-state index contributed by atoms with van der Waals surface area (Å²) in [6.07, 6.45) is 0. The van der Waals surface area contributed by atoms with Crippen molar-refractivity contribution in [1.29, 1.82) is 0 Å². The van der Waals surface area contributed by atoms with E-state index in [-0.39, 0.29) is 5.91 Å². The Morgan fingerprint density at radius 1 is 1.47 bits per heavy atom. The predicted octanol–water partition coefficient (Wildman–Crippen LogP) is 2.04. The Bertz CT molecular complexity index is 536. The van der Waals surface area contributed by atoms with Crippen molar-refractivity contribution in [2.45, 2.75) is 13.5 Å². The van der Waals surface area contributed by atoms with Gasteiger partial charge in [0.25, 0.3) is 5.91 Å². The molecule has 0 aliphatic carbocycles. The lowest BCUT2D eigenvalue weighted by atomic mass is 10.1. The van der Waals surface area contributed by atoms with E-state index in [1.807, 2.05) is 31.2 Å². The number of benzene rings is 1. The zero-order valence-electron chi connectivity index (χ0n) is 9.53. The summed E-state index contributed by atoms with van der Waals surface area (Å²) in [5, 5.41) is 1.06. The van der Waals surface area contributed by atoms with Crippen molar-refractivity contribution in [3.63, 3.8) is 0 Å². The highest BCUT2D eigenvalue weighted by molar-refractivity contribution is 7.21. The Kier molecular flexibility index (Phi) is 3.73. The Morgan fingerprint density at radius 2 is 2.24 bits per heavy atom. The standard InChI is InChI=1S/C12H14N2O2S/c1-2-16-7-9-8-5-3-4-6-10(8)17-11(9)12(15)14-13/h3-6H,2,7,13H2,1H3,(H,14,15). The number of hydrazine groups is 1. The molecule has 0 aliphatic heterocycles. The lowest BCUT2D eigenvalue weighted by Gasteiger charge is -2.03. The molecular formula is C12H14N2O2S. The van der Waals surface area contributed by atoms with Crippen molar-refractivity contribution < 1.29 is 9.53 Å². The number of thiophene rings is 1. The average molecular weight is 250 g/mol. The van der Waals surface area contributed by atoms with Crippen molar-refractivity contribution in [1.82, 2.24) is 5.43 Å². The van der Waals surface area contributed by atoms with Crippen LogP contribution in [0.4, 0.5) is 0 Å². The van der Waals surface area contributed by atoms with Gasteiger partial charge in [-0.3, -0.25) is 10.2 Å². The summed E-state index contributed by atoms with van der Waals surface area (Å²) < 4.78 is 6.48. The van der Waals surface area contributed by atoms with Gasteiger partial charge in [0.05, 0.1) is 11.5 Å². The molecule has 0 atom stereocenters. The number of fused-ring (bicyclic) bond motifs is 1. The van der Waals surface area contributed by atoms with Gasteiger partial charge in [-0.1, -0.05) is 18.2 Å². The van der Waals surface area contributed by atoms with Gasteiger partial charge in [-0.05, 0) is 18.4 Å². The number of ether oxygens (including phenoxy) is 1. The van der Waals surface area contributed by atoms with E-state index in [1.54, 1.807) is 0 Å². The lowest BCUT2D eigenvalue weighted by Crippen LogP contribution is -2.30. The lowest BCUT2D eigenvalue weighted by molar-refractivity contribution is 0.0949. The van der Waals surface area contributed by atoms with Crippen molar-refractivity contribution in [3.05, 3.63) is 34.7 Å². The molecule has 1 aromatic heterocycles. The monoisotopic (exact) mass is 250 g/mol. The summed E-state index contributed by atoms with van der Waals surface area (Å²) >= 11 is 1.43. The van der Waals surface area contributed by atoms with Crippen LogP contribution in [0.15, 0.2) is 24.3 Å². The maximum atomic E-state index is 11.7. The van der Waals surface area contributed by atoms with Crippen LogP contribution in [0.1, 0.15) is 22.2 Å². The third-order valence-corrected chi connectivity index (χ3v) is 3.70. The number of nitrogen functional groups attached to an aromatic ring is 1. The molecule has 2 rings (SSSR count). The molecule has 0 bridgehead atoms. The zero-order valence-corrected chi connectivity index (χ0v) is 10.3. The summed E-state index contributed by atoms with van der Waals surface area (Å²) in [5.41, 5.74) is 3.09. The van der Waals surface area contributed by atoms with Gasteiger partial charge in [0, 0.05) is 16.9 Å². The highest BCUT2D eigenvalue weighted by Crippen LogP contribution is 2.31. The Morgan fingerprint density at radius 3 is 2.94 bits per heavy atom. The van der Waals surface area contributed by atoms with Crippen LogP contribution < -0.4 is 11.3 Å². The van der Waals surface area contributed by atoms with Crippen LogP contribution in [0.3, 0.4) is 0 Å². The summed E-state index contributed by atoms with van der Waals surface area (Å²) in [4.78, 5) is 12.3. The quantitative estimate of drug-likeness (QED) is 0.496. The number of carbonyl (C=O) groups excluding carboxylic acids is 1. The van der Waals surface area contributed by atoms with E-state index < -0.39 is 0 Å². The first-order valence-electron chi connectivity index (χ1n) is 5.37. The van der Waals surface area contributed by atoms with E-state index in [0.717, 1.165) is 15.6 Å². The second-order valence-electron chi connectivity index (χ2n) is 3.52. The van der Waals surface area contributed by atoms with Gasteiger partial charge in [0.1, 0.15) is 0 Å². The molecule has 0 spiro atoms. The summed E-state index contributed by atoms with van der Waals surface area (Å²) in [7, 11) is 0. The Hall–Kier alpha value is -1.43. The van der Waals surface area contributed by atoms with E-state index in [2.05, 4.69) is 5.43 Å². The first-order valence-corrected chi connectivity index (χ1v) is 6.18. The molecule has 0 saturated carbocycles. The van der Waals surface area contributed by atoms with Crippen LogP contribution in [0, 0.1) is 0 Å². The minimum absolute atomic E-state index is 0.263. The molecule has 2 aromatic rings. The highest BCUT2D eigenvalue weighted by atomic mass is 32.1. The van der Waals surface area contributed by atoms with Gasteiger partial charge >= 0.3 is 0 Å². The molecule has 0 saturated heterocycles. The number of amides is 1. The van der Waals surface area contributed by atoms with Crippen LogP contribution in [-0.2, 0) is 11.3 Å². The maximum absolute atomic E-state index is 11.7. The SMILES string of the molecule is CCOCc1c(C(=O)NN)sc2ccccc12. The number of carbonyl (C=O) groups is 1.